The summed E-state index contributed by atoms with van der Waals surface area (Å²) in [5, 5.41) is 0. The summed E-state index contributed by atoms with van der Waals surface area (Å²) in [7, 11) is 0. The first-order valence-electron chi connectivity index (χ1n) is 7.27. The molecule has 0 spiro atoms. The highest BCUT2D eigenvalue weighted by Crippen LogP contribution is 2.20. The summed E-state index contributed by atoms with van der Waals surface area (Å²) in [4.78, 5) is 0. The molecule has 17 heavy (non-hydrogen) atoms. The molecule has 1 unspecified atom stereocenters. The van der Waals surface area contributed by atoms with E-state index in [1.165, 1.54) is 57.8 Å². The van der Waals surface area contributed by atoms with Gasteiger partial charge in [0.1, 0.15) is 0 Å². The number of unbranched alkanes of at least 4 members (excludes halogenated alkanes) is 7. The van der Waals surface area contributed by atoms with E-state index >= 15 is 0 Å². The van der Waals surface area contributed by atoms with E-state index in [4.69, 9.17) is 5.73 Å². The first-order chi connectivity index (χ1) is 7.48. The molecule has 106 valence electrons. The molecule has 0 aromatic rings. The predicted octanol–water partition coefficient (Wildman–Crippen LogP) is 5.31. The van der Waals surface area contributed by atoms with Gasteiger partial charge in [-0.15, -0.1) is 12.4 Å². The standard InChI is InChI=1S/C15H33N.ClH/c1-5-6-7-8-9-10-11-12-13-14(2)15(3,4)16;/h14H,5-13,16H2,1-4H3;1H. The Balaban J connectivity index is 0. The maximum atomic E-state index is 6.07. The van der Waals surface area contributed by atoms with Crippen LogP contribution in [-0.4, -0.2) is 5.54 Å². The van der Waals surface area contributed by atoms with Gasteiger partial charge in [-0.05, 0) is 26.2 Å². The second-order valence-electron chi connectivity index (χ2n) is 5.99. The van der Waals surface area contributed by atoms with E-state index in [2.05, 4.69) is 27.7 Å². The summed E-state index contributed by atoms with van der Waals surface area (Å²) in [6.45, 7) is 8.84. The molecule has 0 heterocycles. The first kappa shape index (κ1) is 19.6. The smallest absolute Gasteiger partial charge is 0.0123 e. The van der Waals surface area contributed by atoms with Crippen LogP contribution in [0, 0.1) is 5.92 Å². The topological polar surface area (TPSA) is 26.0 Å². The fourth-order valence-electron chi connectivity index (χ4n) is 1.96. The van der Waals surface area contributed by atoms with Crippen molar-refractivity contribution in [2.45, 2.75) is 91.0 Å². The molecule has 0 aliphatic heterocycles. The van der Waals surface area contributed by atoms with Crippen molar-refractivity contribution < 1.29 is 0 Å². The van der Waals surface area contributed by atoms with E-state index in [9.17, 15) is 0 Å². The predicted molar refractivity (Wildman–Crippen MR) is 81.9 cm³/mol. The Morgan fingerprint density at radius 3 is 1.71 bits per heavy atom. The van der Waals surface area contributed by atoms with Crippen LogP contribution in [-0.2, 0) is 0 Å². The molecular weight excluding hydrogens is 230 g/mol. The Hall–Kier alpha value is 0.250. The Morgan fingerprint density at radius 2 is 1.29 bits per heavy atom. The lowest BCUT2D eigenvalue weighted by atomic mass is 9.86. The van der Waals surface area contributed by atoms with Crippen molar-refractivity contribution in [1.82, 2.24) is 0 Å². The molecule has 0 aliphatic carbocycles. The third-order valence-corrected chi connectivity index (χ3v) is 3.76. The summed E-state index contributed by atoms with van der Waals surface area (Å²) < 4.78 is 0. The second kappa shape index (κ2) is 11.3. The molecule has 1 nitrogen and oxygen atoms in total. The summed E-state index contributed by atoms with van der Waals surface area (Å²) in [6, 6.07) is 0. The molecule has 0 bridgehead atoms. The van der Waals surface area contributed by atoms with Gasteiger partial charge in [-0.3, -0.25) is 0 Å². The van der Waals surface area contributed by atoms with Crippen LogP contribution in [0.25, 0.3) is 0 Å². The van der Waals surface area contributed by atoms with Crippen LogP contribution in [0.3, 0.4) is 0 Å². The second-order valence-corrected chi connectivity index (χ2v) is 5.99. The van der Waals surface area contributed by atoms with Gasteiger partial charge in [0.15, 0.2) is 0 Å². The summed E-state index contributed by atoms with van der Waals surface area (Å²) in [5.74, 6) is 0.646. The van der Waals surface area contributed by atoms with E-state index in [0.29, 0.717) is 5.92 Å². The van der Waals surface area contributed by atoms with Crippen LogP contribution in [0.4, 0.5) is 0 Å². The highest BCUT2D eigenvalue weighted by atomic mass is 35.5. The van der Waals surface area contributed by atoms with Crippen molar-refractivity contribution in [2.24, 2.45) is 11.7 Å². The lowest BCUT2D eigenvalue weighted by molar-refractivity contribution is 0.316. The zero-order chi connectivity index (χ0) is 12.4. The van der Waals surface area contributed by atoms with Gasteiger partial charge in [0.05, 0.1) is 0 Å². The van der Waals surface area contributed by atoms with Crippen LogP contribution < -0.4 is 5.73 Å². The van der Waals surface area contributed by atoms with Crippen molar-refractivity contribution in [3.63, 3.8) is 0 Å². The highest BCUT2D eigenvalue weighted by Gasteiger charge is 2.19. The van der Waals surface area contributed by atoms with E-state index in [1.54, 1.807) is 0 Å². The van der Waals surface area contributed by atoms with Crippen LogP contribution in [0.5, 0.6) is 0 Å². The minimum atomic E-state index is 0. The third kappa shape index (κ3) is 12.5. The molecule has 0 aromatic carbocycles. The lowest BCUT2D eigenvalue weighted by Crippen LogP contribution is -2.39. The van der Waals surface area contributed by atoms with Gasteiger partial charge in [0.25, 0.3) is 0 Å². The Bertz CT molecular complexity index is 151. The van der Waals surface area contributed by atoms with Crippen molar-refractivity contribution in [3.05, 3.63) is 0 Å². The zero-order valence-electron chi connectivity index (χ0n) is 12.4. The number of rotatable bonds is 10. The van der Waals surface area contributed by atoms with E-state index in [0.717, 1.165) is 0 Å². The van der Waals surface area contributed by atoms with Gasteiger partial charge >= 0.3 is 0 Å². The van der Waals surface area contributed by atoms with Gasteiger partial charge in [-0.1, -0.05) is 65.2 Å². The molecule has 0 rings (SSSR count). The molecule has 0 amide bonds. The quantitative estimate of drug-likeness (QED) is 0.531. The van der Waals surface area contributed by atoms with E-state index < -0.39 is 0 Å². The monoisotopic (exact) mass is 263 g/mol. The minimum absolute atomic E-state index is 0. The Morgan fingerprint density at radius 1 is 0.882 bits per heavy atom. The molecule has 0 fully saturated rings. The zero-order valence-corrected chi connectivity index (χ0v) is 13.2. The fraction of sp³-hybridized carbons (Fsp3) is 1.00. The number of nitrogens with two attached hydrogens (primary N) is 1. The van der Waals surface area contributed by atoms with E-state index in [1.807, 2.05) is 0 Å². The van der Waals surface area contributed by atoms with Crippen LogP contribution in [0.15, 0.2) is 0 Å². The van der Waals surface area contributed by atoms with Crippen molar-refractivity contribution in [3.8, 4) is 0 Å². The Kier molecular flexibility index (Phi) is 13.1. The molecule has 0 aromatic heterocycles. The van der Waals surface area contributed by atoms with Gasteiger partial charge in [0, 0.05) is 5.54 Å². The Labute approximate surface area is 115 Å². The number of hydrogen-bond acceptors (Lipinski definition) is 1. The molecule has 1 atom stereocenters. The molecule has 0 saturated carbocycles. The average Bonchev–Trinajstić information content (AvgIpc) is 2.20. The van der Waals surface area contributed by atoms with Crippen molar-refractivity contribution >= 4 is 12.4 Å². The molecule has 2 heteroatoms. The fourth-order valence-corrected chi connectivity index (χ4v) is 1.96. The highest BCUT2D eigenvalue weighted by molar-refractivity contribution is 5.85. The van der Waals surface area contributed by atoms with Gasteiger partial charge < -0.3 is 5.73 Å². The molecule has 2 N–H and O–H groups in total. The molecular formula is C15H34ClN. The number of hydrogen-bond donors (Lipinski definition) is 1. The largest absolute Gasteiger partial charge is 0.325 e. The van der Waals surface area contributed by atoms with Gasteiger partial charge in [-0.25, -0.2) is 0 Å². The van der Waals surface area contributed by atoms with Crippen molar-refractivity contribution in [2.75, 3.05) is 0 Å². The van der Waals surface area contributed by atoms with Gasteiger partial charge in [0.2, 0.25) is 0 Å². The van der Waals surface area contributed by atoms with Crippen molar-refractivity contribution in [1.29, 1.82) is 0 Å². The lowest BCUT2D eigenvalue weighted by Gasteiger charge is -2.27. The summed E-state index contributed by atoms with van der Waals surface area (Å²) in [6.07, 6.45) is 12.5. The normalized spacial score (nSPS) is 13.2. The minimum Gasteiger partial charge on any atom is -0.325 e. The molecule has 0 saturated heterocycles. The van der Waals surface area contributed by atoms with Crippen LogP contribution in [0.1, 0.15) is 85.5 Å². The summed E-state index contributed by atoms with van der Waals surface area (Å²) >= 11 is 0. The average molecular weight is 264 g/mol. The summed E-state index contributed by atoms with van der Waals surface area (Å²) in [5.41, 5.74) is 6.08. The van der Waals surface area contributed by atoms with E-state index in [-0.39, 0.29) is 17.9 Å². The molecule has 0 radical (unpaired) electrons. The third-order valence-electron chi connectivity index (χ3n) is 3.76. The van der Waals surface area contributed by atoms with Gasteiger partial charge in [-0.2, -0.15) is 0 Å². The SMILES string of the molecule is CCCCCCCCCCC(C)C(C)(C)N.Cl. The molecule has 0 aliphatic rings. The van der Waals surface area contributed by atoms with Crippen LogP contribution >= 0.6 is 12.4 Å². The maximum Gasteiger partial charge on any atom is 0.0123 e. The van der Waals surface area contributed by atoms with Crippen LogP contribution in [0.2, 0.25) is 0 Å². The first-order valence-corrected chi connectivity index (χ1v) is 7.27. The number of halogens is 1. The maximum absolute atomic E-state index is 6.07.